The smallest absolute Gasteiger partial charge is 0.241 e. The summed E-state index contributed by atoms with van der Waals surface area (Å²) in [5.41, 5.74) is 2.10. The largest absolute Gasteiger partial charge is 0.390 e. The highest BCUT2D eigenvalue weighted by atomic mass is 16.3. The van der Waals surface area contributed by atoms with Crippen LogP contribution in [0.15, 0.2) is 24.3 Å². The fourth-order valence-electron chi connectivity index (χ4n) is 3.38. The van der Waals surface area contributed by atoms with E-state index < -0.39 is 6.10 Å². The number of hydrogen-bond acceptors (Lipinski definition) is 4. The van der Waals surface area contributed by atoms with Gasteiger partial charge in [-0.2, -0.15) is 0 Å². The number of nitrogens with zero attached hydrogens (tertiary/aromatic N) is 3. The van der Waals surface area contributed by atoms with Gasteiger partial charge >= 0.3 is 0 Å². The minimum absolute atomic E-state index is 0.0505. The van der Waals surface area contributed by atoms with Gasteiger partial charge in [-0.15, -0.1) is 0 Å². The molecule has 1 N–H and O–H groups in total. The topological polar surface area (TPSA) is 64.1 Å². The van der Waals surface area contributed by atoms with E-state index in [1.807, 2.05) is 36.1 Å². The van der Waals surface area contributed by atoms with Crippen molar-refractivity contribution in [3.8, 4) is 0 Å². The highest BCUT2D eigenvalue weighted by Gasteiger charge is 2.28. The Hall–Kier alpha value is -1.92. The van der Waals surface area contributed by atoms with Crippen LogP contribution in [0.25, 0.3) is 0 Å². The maximum absolute atomic E-state index is 12.4. The van der Waals surface area contributed by atoms with Crippen molar-refractivity contribution >= 4 is 17.5 Å². The van der Waals surface area contributed by atoms with Crippen molar-refractivity contribution < 1.29 is 14.7 Å². The van der Waals surface area contributed by atoms with Crippen LogP contribution in [0.3, 0.4) is 0 Å². The summed E-state index contributed by atoms with van der Waals surface area (Å²) in [5.74, 6) is 0.170. The molecule has 2 fully saturated rings. The van der Waals surface area contributed by atoms with Gasteiger partial charge in [0.15, 0.2) is 0 Å². The second-order valence-electron chi connectivity index (χ2n) is 6.71. The Morgan fingerprint density at radius 2 is 1.79 bits per heavy atom. The molecule has 0 radical (unpaired) electrons. The molecule has 1 aromatic carbocycles. The van der Waals surface area contributed by atoms with Crippen molar-refractivity contribution in [3.05, 3.63) is 29.8 Å². The van der Waals surface area contributed by atoms with Gasteiger partial charge in [0.2, 0.25) is 11.8 Å². The van der Waals surface area contributed by atoms with Crippen molar-refractivity contribution in [1.29, 1.82) is 0 Å². The van der Waals surface area contributed by atoms with E-state index in [-0.39, 0.29) is 11.8 Å². The SMILES string of the molecule is Cc1ccc(N2CCN(CC(O)CN3CCCC3=O)CC2=O)cc1. The first-order valence-electron chi connectivity index (χ1n) is 8.58. The fraction of sp³-hybridized carbons (Fsp3) is 0.556. The predicted molar refractivity (Wildman–Crippen MR) is 91.8 cm³/mol. The van der Waals surface area contributed by atoms with Crippen molar-refractivity contribution in [1.82, 2.24) is 9.80 Å². The fourth-order valence-corrected chi connectivity index (χ4v) is 3.38. The van der Waals surface area contributed by atoms with Gasteiger partial charge in [-0.25, -0.2) is 0 Å². The number of β-amino-alcohol motifs (C(OH)–C–C–N with tert-alkyl or cyclic N) is 1. The summed E-state index contributed by atoms with van der Waals surface area (Å²) in [7, 11) is 0. The van der Waals surface area contributed by atoms with E-state index in [1.165, 1.54) is 5.56 Å². The van der Waals surface area contributed by atoms with Gasteiger partial charge in [0.25, 0.3) is 0 Å². The molecular formula is C18H25N3O3. The number of hydrogen-bond donors (Lipinski definition) is 1. The Kier molecular flexibility index (Phi) is 5.16. The van der Waals surface area contributed by atoms with Crippen LogP contribution in [-0.2, 0) is 9.59 Å². The van der Waals surface area contributed by atoms with Crippen molar-refractivity contribution in [3.63, 3.8) is 0 Å². The predicted octanol–water partition coefficient (Wildman–Crippen LogP) is 0.627. The maximum atomic E-state index is 12.4. The van der Waals surface area contributed by atoms with Crippen molar-refractivity contribution in [2.45, 2.75) is 25.9 Å². The maximum Gasteiger partial charge on any atom is 0.241 e. The summed E-state index contributed by atoms with van der Waals surface area (Å²) in [5, 5.41) is 10.2. The molecule has 0 saturated carbocycles. The summed E-state index contributed by atoms with van der Waals surface area (Å²) >= 11 is 0. The Balaban J connectivity index is 1.50. The zero-order chi connectivity index (χ0) is 17.1. The molecule has 2 amide bonds. The lowest BCUT2D eigenvalue weighted by molar-refractivity contribution is -0.129. The number of benzene rings is 1. The average molecular weight is 331 g/mol. The number of anilines is 1. The number of likely N-dealkylation sites (tertiary alicyclic amines) is 1. The summed E-state index contributed by atoms with van der Waals surface area (Å²) in [6.07, 6.45) is 0.852. The molecule has 2 aliphatic heterocycles. The van der Waals surface area contributed by atoms with Crippen LogP contribution in [0.4, 0.5) is 5.69 Å². The Bertz CT molecular complexity index is 602. The number of aryl methyl sites for hydroxylation is 1. The van der Waals surface area contributed by atoms with E-state index in [0.717, 1.165) is 25.2 Å². The van der Waals surface area contributed by atoms with Crippen molar-refractivity contribution in [2.75, 3.05) is 44.2 Å². The third kappa shape index (κ3) is 3.94. The van der Waals surface area contributed by atoms with Gasteiger partial charge < -0.3 is 14.9 Å². The molecule has 0 aromatic heterocycles. The first-order valence-corrected chi connectivity index (χ1v) is 8.58. The lowest BCUT2D eigenvalue weighted by Crippen LogP contribution is -2.53. The number of carbonyl (C=O) groups is 2. The van der Waals surface area contributed by atoms with E-state index in [0.29, 0.717) is 32.6 Å². The standard InChI is InChI=1S/C18H25N3O3/c1-14-4-6-15(7-5-14)21-10-9-19(13-18(21)24)11-16(22)12-20-8-2-3-17(20)23/h4-7,16,22H,2-3,8-13H2,1H3. The molecular weight excluding hydrogens is 306 g/mol. The molecule has 130 valence electrons. The summed E-state index contributed by atoms with van der Waals surface area (Å²) in [6.45, 7) is 5.20. The molecule has 0 bridgehead atoms. The molecule has 1 aromatic rings. The highest BCUT2D eigenvalue weighted by molar-refractivity contribution is 5.95. The van der Waals surface area contributed by atoms with Crippen LogP contribution in [0.2, 0.25) is 0 Å². The number of aliphatic hydroxyl groups is 1. The van der Waals surface area contributed by atoms with E-state index in [4.69, 9.17) is 0 Å². The molecule has 1 unspecified atom stereocenters. The summed E-state index contributed by atoms with van der Waals surface area (Å²) in [6, 6.07) is 7.95. The number of carbonyl (C=O) groups excluding carboxylic acids is 2. The monoisotopic (exact) mass is 331 g/mol. The number of aliphatic hydroxyl groups excluding tert-OH is 1. The van der Waals surface area contributed by atoms with E-state index in [1.54, 1.807) is 9.80 Å². The number of piperazine rings is 1. The Morgan fingerprint density at radius 1 is 1.04 bits per heavy atom. The highest BCUT2D eigenvalue weighted by Crippen LogP contribution is 2.18. The Labute approximate surface area is 142 Å². The van der Waals surface area contributed by atoms with Gasteiger partial charge in [-0.05, 0) is 25.5 Å². The molecule has 2 heterocycles. The quantitative estimate of drug-likeness (QED) is 0.859. The molecule has 3 rings (SSSR count). The van der Waals surface area contributed by atoms with Gasteiger partial charge in [-0.3, -0.25) is 14.5 Å². The molecule has 0 aliphatic carbocycles. The molecule has 1 atom stereocenters. The third-order valence-electron chi connectivity index (χ3n) is 4.72. The van der Waals surface area contributed by atoms with Gasteiger partial charge in [0.1, 0.15) is 0 Å². The lowest BCUT2D eigenvalue weighted by atomic mass is 10.2. The first kappa shape index (κ1) is 16.9. The van der Waals surface area contributed by atoms with Crippen LogP contribution < -0.4 is 4.90 Å². The van der Waals surface area contributed by atoms with Crippen molar-refractivity contribution in [2.24, 2.45) is 0 Å². The van der Waals surface area contributed by atoms with Gasteiger partial charge in [0.05, 0.1) is 12.6 Å². The number of rotatable bonds is 5. The van der Waals surface area contributed by atoms with Gasteiger partial charge in [0, 0.05) is 44.8 Å². The number of amides is 2. The van der Waals surface area contributed by atoms with Crippen LogP contribution in [0, 0.1) is 6.92 Å². The van der Waals surface area contributed by atoms with E-state index in [9.17, 15) is 14.7 Å². The first-order chi connectivity index (χ1) is 11.5. The second-order valence-corrected chi connectivity index (χ2v) is 6.71. The summed E-state index contributed by atoms with van der Waals surface area (Å²) in [4.78, 5) is 29.5. The lowest BCUT2D eigenvalue weighted by Gasteiger charge is -2.35. The molecule has 0 spiro atoms. The van der Waals surface area contributed by atoms with Crippen LogP contribution in [-0.4, -0.2) is 72.1 Å². The third-order valence-corrected chi connectivity index (χ3v) is 4.72. The zero-order valence-electron chi connectivity index (χ0n) is 14.1. The van der Waals surface area contributed by atoms with Crippen LogP contribution in [0.5, 0.6) is 0 Å². The molecule has 6 heteroatoms. The molecule has 24 heavy (non-hydrogen) atoms. The second kappa shape index (κ2) is 7.32. The Morgan fingerprint density at radius 3 is 2.42 bits per heavy atom. The van der Waals surface area contributed by atoms with Crippen LogP contribution >= 0.6 is 0 Å². The normalized spacial score (nSPS) is 20.8. The van der Waals surface area contributed by atoms with Crippen LogP contribution in [0.1, 0.15) is 18.4 Å². The molecule has 6 nitrogen and oxygen atoms in total. The molecule has 2 saturated heterocycles. The van der Waals surface area contributed by atoms with Gasteiger partial charge in [-0.1, -0.05) is 17.7 Å². The average Bonchev–Trinajstić information content (AvgIpc) is 2.93. The molecule has 2 aliphatic rings. The minimum atomic E-state index is -0.606. The zero-order valence-corrected chi connectivity index (χ0v) is 14.1. The minimum Gasteiger partial charge on any atom is -0.390 e. The van der Waals surface area contributed by atoms with E-state index >= 15 is 0 Å². The summed E-state index contributed by atoms with van der Waals surface area (Å²) < 4.78 is 0. The van der Waals surface area contributed by atoms with E-state index in [2.05, 4.69) is 0 Å².